The highest BCUT2D eigenvalue weighted by Crippen LogP contribution is 2.24. The molecule has 3 aromatic heterocycles. The van der Waals surface area contributed by atoms with Crippen molar-refractivity contribution < 1.29 is 0 Å². The Morgan fingerprint density at radius 3 is 2.65 bits per heavy atom. The Bertz CT molecular complexity index is 830. The van der Waals surface area contributed by atoms with E-state index in [4.69, 9.17) is 5.73 Å². The first-order valence-corrected chi connectivity index (χ1v) is 7.97. The molecule has 3 heterocycles. The van der Waals surface area contributed by atoms with Crippen LogP contribution in [0.25, 0.3) is 11.3 Å². The molecule has 0 saturated heterocycles. The quantitative estimate of drug-likeness (QED) is 0.759. The van der Waals surface area contributed by atoms with Crippen molar-refractivity contribution >= 4 is 22.4 Å². The van der Waals surface area contributed by atoms with Gasteiger partial charge in [-0.1, -0.05) is 11.3 Å². The number of rotatable bonds is 4. The van der Waals surface area contributed by atoms with Crippen molar-refractivity contribution in [2.75, 3.05) is 11.1 Å². The molecule has 1 atom stereocenters. The maximum Gasteiger partial charge on any atom is 0.223 e. The lowest BCUT2D eigenvalue weighted by Gasteiger charge is -2.12. The smallest absolute Gasteiger partial charge is 0.223 e. The third-order valence-corrected chi connectivity index (χ3v) is 4.26. The Kier molecular flexibility index (Phi) is 4.16. The van der Waals surface area contributed by atoms with Crippen LogP contribution in [0.15, 0.2) is 24.4 Å². The van der Waals surface area contributed by atoms with Crippen LogP contribution in [0.2, 0.25) is 0 Å². The molecule has 0 fully saturated rings. The third-order valence-electron chi connectivity index (χ3n) is 3.33. The summed E-state index contributed by atoms with van der Waals surface area (Å²) in [5.41, 5.74) is 9.37. The van der Waals surface area contributed by atoms with E-state index in [-0.39, 0.29) is 6.04 Å². The van der Waals surface area contributed by atoms with E-state index < -0.39 is 0 Å². The van der Waals surface area contributed by atoms with Crippen molar-refractivity contribution in [2.24, 2.45) is 0 Å². The van der Waals surface area contributed by atoms with Gasteiger partial charge >= 0.3 is 0 Å². The van der Waals surface area contributed by atoms with Gasteiger partial charge in [0.1, 0.15) is 5.01 Å². The van der Waals surface area contributed by atoms with E-state index in [1.54, 1.807) is 6.20 Å². The van der Waals surface area contributed by atoms with E-state index in [2.05, 4.69) is 30.5 Å². The van der Waals surface area contributed by atoms with E-state index in [9.17, 15) is 0 Å². The topological polar surface area (TPSA) is 102 Å². The summed E-state index contributed by atoms with van der Waals surface area (Å²) in [5.74, 6) is 0.531. The molecule has 3 rings (SSSR count). The first-order chi connectivity index (χ1) is 11.0. The number of nitrogen functional groups attached to an aromatic ring is 1. The van der Waals surface area contributed by atoms with Crippen LogP contribution in [0.5, 0.6) is 0 Å². The monoisotopic (exact) mass is 327 g/mol. The first-order valence-electron chi connectivity index (χ1n) is 7.16. The minimum atomic E-state index is -0.0720. The number of pyridine rings is 1. The van der Waals surface area contributed by atoms with E-state index in [0.29, 0.717) is 11.1 Å². The fraction of sp³-hybridized carbons (Fsp3) is 0.267. The molecule has 0 aliphatic heterocycles. The van der Waals surface area contributed by atoms with Gasteiger partial charge in [-0.05, 0) is 39.0 Å². The van der Waals surface area contributed by atoms with Crippen LogP contribution in [0, 0.1) is 13.8 Å². The minimum absolute atomic E-state index is 0.0720. The van der Waals surface area contributed by atoms with Gasteiger partial charge in [0, 0.05) is 23.1 Å². The van der Waals surface area contributed by atoms with Gasteiger partial charge in [-0.25, -0.2) is 9.97 Å². The molecule has 3 aromatic rings. The summed E-state index contributed by atoms with van der Waals surface area (Å²) in [6.07, 6.45) is 1.73. The van der Waals surface area contributed by atoms with Crippen molar-refractivity contribution in [3.05, 3.63) is 40.8 Å². The van der Waals surface area contributed by atoms with Crippen molar-refractivity contribution in [3.8, 4) is 11.3 Å². The number of nitrogens with one attached hydrogen (secondary N) is 1. The molecule has 0 unspecified atom stereocenters. The van der Waals surface area contributed by atoms with E-state index in [1.165, 1.54) is 11.3 Å². The maximum atomic E-state index is 5.62. The number of nitrogens with two attached hydrogens (primary N) is 1. The lowest BCUT2D eigenvalue weighted by atomic mass is 10.1. The first kappa shape index (κ1) is 15.3. The molecule has 3 N–H and O–H groups in total. The van der Waals surface area contributed by atoms with Crippen LogP contribution >= 0.6 is 11.3 Å². The second-order valence-corrected chi connectivity index (χ2v) is 6.24. The van der Waals surface area contributed by atoms with Gasteiger partial charge in [-0.3, -0.25) is 4.98 Å². The Balaban J connectivity index is 1.85. The van der Waals surface area contributed by atoms with E-state index >= 15 is 0 Å². The molecule has 0 radical (unpaired) electrons. The molecular weight excluding hydrogens is 310 g/mol. The summed E-state index contributed by atoms with van der Waals surface area (Å²) in [7, 11) is 0. The summed E-state index contributed by atoms with van der Waals surface area (Å²) in [5, 5.41) is 12.3. The molecule has 0 amide bonds. The lowest BCUT2D eigenvalue weighted by Crippen LogP contribution is -2.09. The van der Waals surface area contributed by atoms with Gasteiger partial charge in [0.15, 0.2) is 0 Å². The number of anilines is 2. The molecular formula is C15H17N7S. The predicted octanol–water partition coefficient (Wildman–Crippen LogP) is 2.76. The number of hydrogen-bond donors (Lipinski definition) is 2. The fourth-order valence-corrected chi connectivity index (χ4v) is 2.83. The highest BCUT2D eigenvalue weighted by Gasteiger charge is 2.13. The average molecular weight is 327 g/mol. The number of nitrogens with zero attached hydrogens (tertiary/aromatic N) is 5. The molecule has 7 nitrogen and oxygen atoms in total. The molecule has 23 heavy (non-hydrogen) atoms. The summed E-state index contributed by atoms with van der Waals surface area (Å²) < 4.78 is 0. The zero-order valence-corrected chi connectivity index (χ0v) is 13.9. The number of hydrogen-bond acceptors (Lipinski definition) is 8. The van der Waals surface area contributed by atoms with Crippen LogP contribution in [0.1, 0.15) is 29.4 Å². The molecule has 0 saturated carbocycles. The summed E-state index contributed by atoms with van der Waals surface area (Å²) in [6.45, 7) is 5.91. The van der Waals surface area contributed by atoms with Crippen molar-refractivity contribution in [2.45, 2.75) is 26.8 Å². The Morgan fingerprint density at radius 1 is 1.13 bits per heavy atom. The Hall–Kier alpha value is -2.61. The SMILES string of the molecule is Cc1ccc(-c2ccnc(N[C@H](C)c3nnc(N)s3)n2)c(C)n1. The van der Waals surface area contributed by atoms with Crippen LogP contribution < -0.4 is 11.1 Å². The number of aromatic nitrogens is 5. The highest BCUT2D eigenvalue weighted by molar-refractivity contribution is 7.15. The molecule has 118 valence electrons. The van der Waals surface area contributed by atoms with Gasteiger partial charge in [-0.2, -0.15) is 0 Å². The molecule has 8 heteroatoms. The second-order valence-electron chi connectivity index (χ2n) is 5.20. The van der Waals surface area contributed by atoms with Gasteiger partial charge in [0.2, 0.25) is 11.1 Å². The van der Waals surface area contributed by atoms with Crippen molar-refractivity contribution in [1.29, 1.82) is 0 Å². The van der Waals surface area contributed by atoms with Gasteiger partial charge in [-0.15, -0.1) is 10.2 Å². The average Bonchev–Trinajstić information content (AvgIpc) is 2.94. The standard InChI is InChI=1S/C15H17N7S/c1-8-4-5-11(9(2)18-8)12-6-7-17-15(20-12)19-10(3)13-21-22-14(16)23-13/h4-7,10H,1-3H3,(H2,16,22)(H,17,19,20)/t10-/m1/s1. The fourth-order valence-electron chi connectivity index (χ4n) is 2.21. The largest absolute Gasteiger partial charge is 0.374 e. The third kappa shape index (κ3) is 3.42. The van der Waals surface area contributed by atoms with Crippen LogP contribution in [0.4, 0.5) is 11.1 Å². The molecule has 0 aromatic carbocycles. The minimum Gasteiger partial charge on any atom is -0.374 e. The molecule has 0 spiro atoms. The Morgan fingerprint density at radius 2 is 1.96 bits per heavy atom. The lowest BCUT2D eigenvalue weighted by molar-refractivity contribution is 0.824. The van der Waals surface area contributed by atoms with Crippen molar-refractivity contribution in [1.82, 2.24) is 25.1 Å². The van der Waals surface area contributed by atoms with Crippen LogP contribution in [-0.4, -0.2) is 25.1 Å². The van der Waals surface area contributed by atoms with Crippen LogP contribution in [-0.2, 0) is 0 Å². The predicted molar refractivity (Wildman–Crippen MR) is 91.1 cm³/mol. The van der Waals surface area contributed by atoms with Crippen LogP contribution in [0.3, 0.4) is 0 Å². The maximum absolute atomic E-state index is 5.62. The highest BCUT2D eigenvalue weighted by atomic mass is 32.1. The summed E-state index contributed by atoms with van der Waals surface area (Å²) in [4.78, 5) is 13.3. The van der Waals surface area contributed by atoms with E-state index in [0.717, 1.165) is 27.7 Å². The van der Waals surface area contributed by atoms with Gasteiger partial charge in [0.25, 0.3) is 0 Å². The zero-order chi connectivity index (χ0) is 16.4. The van der Waals surface area contributed by atoms with Crippen molar-refractivity contribution in [3.63, 3.8) is 0 Å². The van der Waals surface area contributed by atoms with Gasteiger partial charge in [0.05, 0.1) is 11.7 Å². The normalized spacial score (nSPS) is 12.1. The second kappa shape index (κ2) is 6.25. The Labute approximate surface area is 138 Å². The van der Waals surface area contributed by atoms with Gasteiger partial charge < -0.3 is 11.1 Å². The molecule has 0 bridgehead atoms. The van der Waals surface area contributed by atoms with E-state index in [1.807, 2.05) is 39.0 Å². The summed E-state index contributed by atoms with van der Waals surface area (Å²) in [6, 6.07) is 5.80. The summed E-state index contributed by atoms with van der Waals surface area (Å²) >= 11 is 1.35. The zero-order valence-electron chi connectivity index (χ0n) is 13.1. The molecule has 0 aliphatic rings. The number of aryl methyl sites for hydroxylation is 2. The molecule has 0 aliphatic carbocycles.